The van der Waals surface area contributed by atoms with E-state index in [2.05, 4.69) is 22.1 Å². The van der Waals surface area contributed by atoms with Crippen LogP contribution in [0.15, 0.2) is 53.5 Å². The van der Waals surface area contributed by atoms with Crippen LogP contribution in [0.4, 0.5) is 0 Å². The number of rotatable bonds is 3. The number of oxazole rings is 1. The summed E-state index contributed by atoms with van der Waals surface area (Å²) in [7, 11) is 0. The fourth-order valence-corrected chi connectivity index (χ4v) is 3.31. The van der Waals surface area contributed by atoms with Gasteiger partial charge in [-0.2, -0.15) is 0 Å². The number of carbonyl (C=O) groups is 1. The van der Waals surface area contributed by atoms with Crippen molar-refractivity contribution in [3.8, 4) is 0 Å². The van der Waals surface area contributed by atoms with Crippen molar-refractivity contribution in [3.63, 3.8) is 0 Å². The zero-order chi connectivity index (χ0) is 15.6. The van der Waals surface area contributed by atoms with E-state index in [9.17, 15) is 4.79 Å². The highest BCUT2D eigenvalue weighted by atomic mass is 16.3. The molecule has 4 rings (SSSR count). The first-order valence-corrected chi connectivity index (χ1v) is 7.81. The number of fused-ring (bicyclic) bond motifs is 1. The number of carbonyl (C=O) groups excluding carboxylic acids is 1. The third-order valence-electron chi connectivity index (χ3n) is 4.46. The highest BCUT2D eigenvalue weighted by Crippen LogP contribution is 2.25. The molecule has 0 radical (unpaired) electrons. The molecule has 0 saturated carbocycles. The third kappa shape index (κ3) is 2.70. The number of benzene rings is 1. The van der Waals surface area contributed by atoms with Crippen LogP contribution in [0, 0.1) is 5.92 Å². The Morgan fingerprint density at radius 3 is 3.09 bits per heavy atom. The van der Waals surface area contributed by atoms with Gasteiger partial charge in [-0.05, 0) is 36.5 Å². The van der Waals surface area contributed by atoms with Crippen molar-refractivity contribution in [2.75, 3.05) is 13.1 Å². The Morgan fingerprint density at radius 1 is 1.30 bits per heavy atom. The Hall–Kier alpha value is -2.69. The van der Waals surface area contributed by atoms with E-state index >= 15 is 0 Å². The zero-order valence-corrected chi connectivity index (χ0v) is 12.7. The van der Waals surface area contributed by atoms with Gasteiger partial charge in [-0.15, -0.1) is 0 Å². The van der Waals surface area contributed by atoms with Gasteiger partial charge in [0.1, 0.15) is 0 Å². The van der Waals surface area contributed by atoms with Crippen LogP contribution in [0.1, 0.15) is 22.5 Å². The summed E-state index contributed by atoms with van der Waals surface area (Å²) in [6, 6.07) is 10.3. The lowest BCUT2D eigenvalue weighted by molar-refractivity contribution is 0.0755. The quantitative estimate of drug-likeness (QED) is 0.746. The number of likely N-dealkylation sites (tertiary alicyclic amines) is 1. The lowest BCUT2D eigenvalue weighted by Crippen LogP contribution is -2.28. The second-order valence-corrected chi connectivity index (χ2v) is 5.96. The summed E-state index contributed by atoms with van der Waals surface area (Å²) in [6.07, 6.45) is 6.61. The highest BCUT2D eigenvalue weighted by molar-refractivity contribution is 5.91. The van der Waals surface area contributed by atoms with Crippen LogP contribution in [0.5, 0.6) is 0 Å². The maximum atomic E-state index is 12.3. The van der Waals surface area contributed by atoms with E-state index in [1.54, 1.807) is 0 Å². The monoisotopic (exact) mass is 307 g/mol. The molecule has 5 nitrogen and oxygen atoms in total. The molecule has 1 aliphatic heterocycles. The molecular formula is C18H17N3O2. The molecule has 2 aromatic heterocycles. The summed E-state index contributed by atoms with van der Waals surface area (Å²) in [5, 5.41) is 1.20. The van der Waals surface area contributed by atoms with E-state index in [0.717, 1.165) is 31.4 Å². The van der Waals surface area contributed by atoms with Crippen molar-refractivity contribution >= 4 is 16.8 Å². The van der Waals surface area contributed by atoms with Crippen molar-refractivity contribution in [3.05, 3.63) is 60.4 Å². The summed E-state index contributed by atoms with van der Waals surface area (Å²) >= 11 is 0. The summed E-state index contributed by atoms with van der Waals surface area (Å²) in [6.45, 7) is 1.53. The van der Waals surface area contributed by atoms with E-state index in [1.807, 2.05) is 29.3 Å². The molecule has 1 aliphatic rings. The van der Waals surface area contributed by atoms with Crippen LogP contribution < -0.4 is 0 Å². The molecule has 0 aliphatic carbocycles. The van der Waals surface area contributed by atoms with Crippen molar-refractivity contribution < 1.29 is 9.21 Å². The first-order valence-electron chi connectivity index (χ1n) is 7.81. The van der Waals surface area contributed by atoms with Gasteiger partial charge in [0.05, 0.1) is 11.7 Å². The molecule has 116 valence electrons. The lowest BCUT2D eigenvalue weighted by Gasteiger charge is -2.15. The molecule has 3 aromatic rings. The second-order valence-electron chi connectivity index (χ2n) is 5.96. The average Bonchev–Trinajstić information content (AvgIpc) is 3.27. The fraction of sp³-hybridized carbons (Fsp3) is 0.278. The predicted octanol–water partition coefficient (Wildman–Crippen LogP) is 2.93. The zero-order valence-electron chi connectivity index (χ0n) is 12.7. The van der Waals surface area contributed by atoms with Crippen LogP contribution in [0.3, 0.4) is 0 Å². The van der Waals surface area contributed by atoms with Crippen LogP contribution in [-0.2, 0) is 6.42 Å². The average molecular weight is 307 g/mol. The van der Waals surface area contributed by atoms with Crippen molar-refractivity contribution in [2.24, 2.45) is 5.92 Å². The summed E-state index contributed by atoms with van der Waals surface area (Å²) < 4.78 is 5.11. The molecule has 0 N–H and O–H groups in total. The lowest BCUT2D eigenvalue weighted by atomic mass is 9.96. The Bertz CT molecular complexity index is 824. The first kappa shape index (κ1) is 13.9. The van der Waals surface area contributed by atoms with Gasteiger partial charge in [-0.25, -0.2) is 4.98 Å². The minimum atomic E-state index is -0.0652. The Labute approximate surface area is 134 Å². The van der Waals surface area contributed by atoms with Gasteiger partial charge in [0, 0.05) is 24.7 Å². The third-order valence-corrected chi connectivity index (χ3v) is 4.46. The predicted molar refractivity (Wildman–Crippen MR) is 86.0 cm³/mol. The summed E-state index contributed by atoms with van der Waals surface area (Å²) in [4.78, 5) is 22.4. The van der Waals surface area contributed by atoms with Gasteiger partial charge in [-0.1, -0.05) is 18.2 Å². The topological polar surface area (TPSA) is 59.2 Å². The fourth-order valence-electron chi connectivity index (χ4n) is 3.31. The first-order chi connectivity index (χ1) is 11.3. The molecule has 1 saturated heterocycles. The van der Waals surface area contributed by atoms with E-state index in [1.165, 1.54) is 23.5 Å². The second kappa shape index (κ2) is 5.83. The minimum Gasteiger partial charge on any atom is -0.438 e. The Balaban J connectivity index is 1.49. The number of aromatic nitrogens is 2. The number of nitrogens with zero attached hydrogens (tertiary/aromatic N) is 3. The van der Waals surface area contributed by atoms with Crippen LogP contribution in [0.2, 0.25) is 0 Å². The normalized spacial score (nSPS) is 17.7. The van der Waals surface area contributed by atoms with E-state index in [-0.39, 0.29) is 5.91 Å². The maximum absolute atomic E-state index is 12.3. The van der Waals surface area contributed by atoms with E-state index in [4.69, 9.17) is 4.42 Å². The number of hydrogen-bond donors (Lipinski definition) is 0. The largest absolute Gasteiger partial charge is 0.438 e. The number of para-hydroxylation sites is 1. The van der Waals surface area contributed by atoms with Gasteiger partial charge < -0.3 is 9.32 Å². The maximum Gasteiger partial charge on any atom is 0.291 e. The van der Waals surface area contributed by atoms with Crippen LogP contribution >= 0.6 is 0 Å². The van der Waals surface area contributed by atoms with Gasteiger partial charge in [0.15, 0.2) is 6.39 Å². The molecular weight excluding hydrogens is 290 g/mol. The summed E-state index contributed by atoms with van der Waals surface area (Å²) in [5.74, 6) is 0.720. The van der Waals surface area contributed by atoms with Gasteiger partial charge in [-0.3, -0.25) is 9.78 Å². The molecule has 1 amide bonds. The van der Waals surface area contributed by atoms with Gasteiger partial charge >= 0.3 is 0 Å². The molecule has 1 fully saturated rings. The van der Waals surface area contributed by atoms with Crippen molar-refractivity contribution in [1.29, 1.82) is 0 Å². The van der Waals surface area contributed by atoms with Gasteiger partial charge in [0.25, 0.3) is 5.91 Å². The van der Waals surface area contributed by atoms with Crippen LogP contribution in [0.25, 0.3) is 10.9 Å². The Morgan fingerprint density at radius 2 is 2.22 bits per heavy atom. The molecule has 1 unspecified atom stereocenters. The molecule has 5 heteroatoms. The van der Waals surface area contributed by atoms with Crippen molar-refractivity contribution in [2.45, 2.75) is 12.8 Å². The molecule has 0 bridgehead atoms. The molecule has 23 heavy (non-hydrogen) atoms. The van der Waals surface area contributed by atoms with Gasteiger partial charge in [0.2, 0.25) is 5.76 Å². The molecule has 0 spiro atoms. The molecule has 1 atom stereocenters. The SMILES string of the molecule is O=C(c1cnco1)N1CCC(Cc2ccnc3ccccc23)C1. The number of amides is 1. The van der Waals surface area contributed by atoms with E-state index < -0.39 is 0 Å². The molecule has 3 heterocycles. The van der Waals surface area contributed by atoms with Crippen molar-refractivity contribution in [1.82, 2.24) is 14.9 Å². The Kier molecular flexibility index (Phi) is 3.54. The highest BCUT2D eigenvalue weighted by Gasteiger charge is 2.28. The smallest absolute Gasteiger partial charge is 0.291 e. The minimum absolute atomic E-state index is 0.0652. The standard InChI is InChI=1S/C18H17N3O2/c22-18(17-10-19-12-23-17)21-8-6-13(11-21)9-14-5-7-20-16-4-2-1-3-15(14)16/h1-5,7,10,12-13H,6,8-9,11H2. The van der Waals surface area contributed by atoms with Crippen LogP contribution in [-0.4, -0.2) is 33.9 Å². The number of hydrogen-bond acceptors (Lipinski definition) is 4. The van der Waals surface area contributed by atoms with E-state index in [0.29, 0.717) is 11.7 Å². The summed E-state index contributed by atoms with van der Waals surface area (Å²) in [5.41, 5.74) is 2.33. The molecule has 1 aromatic carbocycles. The number of pyridine rings is 1.